The summed E-state index contributed by atoms with van der Waals surface area (Å²) in [5.41, 5.74) is 12.2. The van der Waals surface area contributed by atoms with Crippen molar-refractivity contribution in [2.24, 2.45) is 0 Å². The molecule has 2 aromatic heterocycles. The van der Waals surface area contributed by atoms with E-state index in [2.05, 4.69) is 164 Å². The largest absolute Gasteiger partial charge is 0.455 e. The summed E-state index contributed by atoms with van der Waals surface area (Å²) in [6.07, 6.45) is 0. The van der Waals surface area contributed by atoms with Gasteiger partial charge in [0.25, 0.3) is 0 Å². The molecule has 0 fully saturated rings. The summed E-state index contributed by atoms with van der Waals surface area (Å²) in [6, 6.07) is 63.0. The topological polar surface area (TPSA) is 13.1 Å². The Labute approximate surface area is 313 Å². The summed E-state index contributed by atoms with van der Waals surface area (Å²) < 4.78 is 9.20. The predicted octanol–water partition coefficient (Wildman–Crippen LogP) is 15.5. The second kappa shape index (κ2) is 10.4. The first-order valence-electron chi connectivity index (χ1n) is 18.6. The van der Waals surface area contributed by atoms with Gasteiger partial charge in [-0.1, -0.05) is 127 Å². The lowest BCUT2D eigenvalue weighted by molar-refractivity contribution is 0.673. The Morgan fingerprint density at radius 3 is 1.67 bits per heavy atom. The van der Waals surface area contributed by atoms with Crippen LogP contribution >= 0.6 is 11.3 Å². The van der Waals surface area contributed by atoms with Crippen molar-refractivity contribution >= 4 is 96.5 Å². The maximum Gasteiger partial charge on any atom is 0.143 e. The van der Waals surface area contributed by atoms with Gasteiger partial charge in [0, 0.05) is 36.3 Å². The third-order valence-electron chi connectivity index (χ3n) is 12.0. The minimum absolute atomic E-state index is 0.930. The zero-order chi connectivity index (χ0) is 35.1. The Balaban J connectivity index is 0.987. The van der Waals surface area contributed by atoms with Crippen molar-refractivity contribution in [3.63, 3.8) is 0 Å². The minimum Gasteiger partial charge on any atom is -0.455 e. The first kappa shape index (κ1) is 28.8. The number of para-hydroxylation sites is 1. The van der Waals surface area contributed by atoms with Crippen LogP contribution in [0.3, 0.4) is 0 Å². The summed E-state index contributed by atoms with van der Waals surface area (Å²) in [4.78, 5) is 0. The van der Waals surface area contributed by atoms with E-state index in [1.807, 2.05) is 17.4 Å². The molecular formula is C52H28OS. The van der Waals surface area contributed by atoms with E-state index < -0.39 is 0 Å². The van der Waals surface area contributed by atoms with Crippen LogP contribution in [0.15, 0.2) is 174 Å². The quantitative estimate of drug-likeness (QED) is 0.164. The van der Waals surface area contributed by atoms with Gasteiger partial charge in [-0.2, -0.15) is 0 Å². The molecule has 0 aliphatic heterocycles. The molecule has 1 nitrogen and oxygen atoms in total. The Kier molecular flexibility index (Phi) is 5.57. The number of hydrogen-bond acceptors (Lipinski definition) is 2. The Morgan fingerprint density at radius 2 is 0.833 bits per heavy atom. The van der Waals surface area contributed by atoms with E-state index in [-0.39, 0.29) is 0 Å². The van der Waals surface area contributed by atoms with E-state index in [0.717, 1.165) is 21.9 Å². The Bertz CT molecular complexity index is 3570. The average molecular weight is 701 g/mol. The highest BCUT2D eigenvalue weighted by molar-refractivity contribution is 7.25. The van der Waals surface area contributed by atoms with Gasteiger partial charge in [0.1, 0.15) is 11.2 Å². The van der Waals surface area contributed by atoms with Crippen LogP contribution in [0.1, 0.15) is 0 Å². The molecule has 0 saturated heterocycles. The molecule has 0 spiro atoms. The molecule has 13 rings (SSSR count). The van der Waals surface area contributed by atoms with E-state index in [9.17, 15) is 0 Å². The fourth-order valence-corrected chi connectivity index (χ4v) is 10.6. The van der Waals surface area contributed by atoms with Crippen LogP contribution in [-0.4, -0.2) is 0 Å². The molecular weight excluding hydrogens is 673 g/mol. The molecule has 2 heterocycles. The van der Waals surface area contributed by atoms with E-state index in [0.29, 0.717) is 0 Å². The van der Waals surface area contributed by atoms with Crippen molar-refractivity contribution in [1.29, 1.82) is 0 Å². The lowest BCUT2D eigenvalue weighted by Crippen LogP contribution is -1.86. The fraction of sp³-hybridized carbons (Fsp3) is 0. The second-order valence-corrected chi connectivity index (χ2v) is 15.8. The lowest BCUT2D eigenvalue weighted by Gasteiger charge is -2.13. The number of hydrogen-bond donors (Lipinski definition) is 0. The molecule has 0 bridgehead atoms. The van der Waals surface area contributed by atoms with Crippen LogP contribution in [0.25, 0.3) is 130 Å². The predicted molar refractivity (Wildman–Crippen MR) is 232 cm³/mol. The van der Waals surface area contributed by atoms with Crippen LogP contribution in [0.4, 0.5) is 0 Å². The molecule has 10 aromatic carbocycles. The molecule has 1 aliphatic rings. The molecule has 0 unspecified atom stereocenters. The minimum atomic E-state index is 0.930. The zero-order valence-corrected chi connectivity index (χ0v) is 29.8. The fourth-order valence-electron chi connectivity index (χ4n) is 9.58. The molecule has 248 valence electrons. The monoisotopic (exact) mass is 700 g/mol. The van der Waals surface area contributed by atoms with E-state index in [1.54, 1.807) is 0 Å². The molecule has 0 N–H and O–H groups in total. The first-order valence-corrected chi connectivity index (χ1v) is 19.4. The summed E-state index contributed by atoms with van der Waals surface area (Å²) in [5, 5.41) is 15.0. The number of fused-ring (bicyclic) bond motifs is 16. The van der Waals surface area contributed by atoms with Gasteiger partial charge < -0.3 is 4.42 Å². The Hall–Kier alpha value is -6.74. The number of benzene rings is 10. The van der Waals surface area contributed by atoms with Gasteiger partial charge in [0.05, 0.1) is 0 Å². The zero-order valence-electron chi connectivity index (χ0n) is 29.0. The molecule has 0 saturated carbocycles. The highest BCUT2D eigenvalue weighted by Gasteiger charge is 2.23. The van der Waals surface area contributed by atoms with Gasteiger partial charge in [0.2, 0.25) is 0 Å². The first-order chi connectivity index (χ1) is 26.8. The Morgan fingerprint density at radius 1 is 0.296 bits per heavy atom. The summed E-state index contributed by atoms with van der Waals surface area (Å²) in [7, 11) is 0. The van der Waals surface area contributed by atoms with Crippen LogP contribution in [0, 0.1) is 0 Å². The third-order valence-corrected chi connectivity index (χ3v) is 13.2. The van der Waals surface area contributed by atoms with Crippen LogP contribution in [-0.2, 0) is 0 Å². The standard InChI is InChI=1S/C52H28OS/c1-2-9-34-33(8-1)39-14-7-13-38-32(20-21-41(34)50(38)39)31-18-25-49-46(28-31)45-27-30(17-24-48(45)54-49)29-16-19-36-42-22-23-43-37-11-5-6-15-47(37)53-52(43)51(42)40-12-4-3-10-35(40)44(36)26-29/h1-28H. The molecule has 12 aromatic rings. The SMILES string of the molecule is c1ccc2c(c1)-c1cccc3c(-c4ccc5sc6ccc(-c7ccc8c(c7)c7ccccc7c7c8ccc8c9ccccc9oc87)cc6c5c4)ccc-2c13. The number of furan rings is 1. The highest BCUT2D eigenvalue weighted by Crippen LogP contribution is 2.50. The summed E-state index contributed by atoms with van der Waals surface area (Å²) >= 11 is 1.88. The smallest absolute Gasteiger partial charge is 0.143 e. The van der Waals surface area contributed by atoms with Gasteiger partial charge in [-0.15, -0.1) is 11.3 Å². The highest BCUT2D eigenvalue weighted by atomic mass is 32.1. The number of thiophene rings is 1. The second-order valence-electron chi connectivity index (χ2n) is 14.7. The van der Waals surface area contributed by atoms with E-state index >= 15 is 0 Å². The molecule has 1 aliphatic carbocycles. The molecule has 0 atom stereocenters. The number of rotatable bonds is 2. The summed E-state index contributed by atoms with van der Waals surface area (Å²) in [6.45, 7) is 0. The van der Waals surface area contributed by atoms with E-state index in [1.165, 1.54) is 108 Å². The van der Waals surface area contributed by atoms with Gasteiger partial charge in [0.15, 0.2) is 0 Å². The van der Waals surface area contributed by atoms with Gasteiger partial charge >= 0.3 is 0 Å². The van der Waals surface area contributed by atoms with Gasteiger partial charge in [-0.25, -0.2) is 0 Å². The molecule has 0 radical (unpaired) electrons. The maximum atomic E-state index is 6.57. The average Bonchev–Trinajstić information content (AvgIpc) is 3.91. The summed E-state index contributed by atoms with van der Waals surface area (Å²) in [5.74, 6) is 0. The van der Waals surface area contributed by atoms with Crippen molar-refractivity contribution in [2.45, 2.75) is 0 Å². The van der Waals surface area contributed by atoms with E-state index in [4.69, 9.17) is 4.42 Å². The maximum absolute atomic E-state index is 6.57. The van der Waals surface area contributed by atoms with Crippen molar-refractivity contribution in [2.75, 3.05) is 0 Å². The normalized spacial score (nSPS) is 12.4. The van der Waals surface area contributed by atoms with Crippen molar-refractivity contribution in [1.82, 2.24) is 0 Å². The van der Waals surface area contributed by atoms with Crippen molar-refractivity contribution in [3.8, 4) is 44.5 Å². The lowest BCUT2D eigenvalue weighted by atomic mass is 9.91. The molecule has 2 heteroatoms. The molecule has 0 amide bonds. The van der Waals surface area contributed by atoms with Crippen LogP contribution < -0.4 is 0 Å². The van der Waals surface area contributed by atoms with Crippen molar-refractivity contribution in [3.05, 3.63) is 170 Å². The van der Waals surface area contributed by atoms with Crippen LogP contribution in [0.5, 0.6) is 0 Å². The third kappa shape index (κ3) is 3.77. The van der Waals surface area contributed by atoms with Gasteiger partial charge in [-0.3, -0.25) is 0 Å². The van der Waals surface area contributed by atoms with Crippen molar-refractivity contribution < 1.29 is 4.42 Å². The van der Waals surface area contributed by atoms with Crippen LogP contribution in [0.2, 0.25) is 0 Å². The van der Waals surface area contributed by atoms with Gasteiger partial charge in [-0.05, 0) is 125 Å². The molecule has 54 heavy (non-hydrogen) atoms.